The number of hydrogen-bond acceptors (Lipinski definition) is 5. The van der Waals surface area contributed by atoms with Gasteiger partial charge >= 0.3 is 0 Å². The summed E-state index contributed by atoms with van der Waals surface area (Å²) in [6, 6.07) is 24.5. The Labute approximate surface area is 181 Å². The minimum absolute atomic E-state index is 0.00685. The average molecular weight is 418 g/mol. The van der Waals surface area contributed by atoms with Crippen LogP contribution in [0.3, 0.4) is 0 Å². The van der Waals surface area contributed by atoms with Crippen molar-refractivity contribution in [2.24, 2.45) is 0 Å². The molecule has 0 aliphatic rings. The second-order valence-corrected chi connectivity index (χ2v) is 7.42. The minimum atomic E-state index is -1.44. The number of aliphatic hydroxyl groups excluding tert-OH is 2. The van der Waals surface area contributed by atoms with Gasteiger partial charge in [0.25, 0.3) is 0 Å². The number of aryl methyl sites for hydroxylation is 1. The molecule has 1 heterocycles. The Balaban J connectivity index is 1.87. The first-order valence-electron chi connectivity index (χ1n) is 10.3. The molecule has 0 spiro atoms. The van der Waals surface area contributed by atoms with Crippen molar-refractivity contribution in [1.82, 2.24) is 9.55 Å². The zero-order valence-electron chi connectivity index (χ0n) is 17.3. The highest BCUT2D eigenvalue weighted by Gasteiger charge is 2.38. The molecule has 3 N–H and O–H groups in total. The number of ether oxygens (including phenoxy) is 1. The fourth-order valence-corrected chi connectivity index (χ4v) is 3.82. The molecule has 6 nitrogen and oxygen atoms in total. The van der Waals surface area contributed by atoms with E-state index < -0.39 is 11.7 Å². The maximum Gasteiger partial charge on any atom is 0.173 e. The van der Waals surface area contributed by atoms with E-state index in [1.165, 1.54) is 0 Å². The van der Waals surface area contributed by atoms with Crippen molar-refractivity contribution in [2.45, 2.75) is 25.2 Å². The molecule has 0 fully saturated rings. The lowest BCUT2D eigenvalue weighted by Gasteiger charge is -2.29. The fourth-order valence-electron chi connectivity index (χ4n) is 3.82. The van der Waals surface area contributed by atoms with Gasteiger partial charge in [-0.25, -0.2) is 4.98 Å². The van der Waals surface area contributed by atoms with Gasteiger partial charge in [-0.3, -0.25) is 0 Å². The third kappa shape index (κ3) is 3.93. The van der Waals surface area contributed by atoms with E-state index in [0.29, 0.717) is 18.1 Å². The molecule has 1 aromatic heterocycles. The number of rotatable bonds is 8. The summed E-state index contributed by atoms with van der Waals surface area (Å²) in [6.07, 6.45) is -0.941. The SMILES string of the molecule is CCn1c(C(O)(c2ccccc2)c2ccccc2)nc2ccc(OCC(O)CO)cc21. The van der Waals surface area contributed by atoms with Crippen molar-refractivity contribution in [1.29, 1.82) is 0 Å². The van der Waals surface area contributed by atoms with E-state index >= 15 is 0 Å². The molecule has 160 valence electrons. The number of hydrogen-bond donors (Lipinski definition) is 3. The Morgan fingerprint density at radius 3 is 2.13 bits per heavy atom. The predicted molar refractivity (Wildman–Crippen MR) is 119 cm³/mol. The van der Waals surface area contributed by atoms with Crippen LogP contribution in [0.25, 0.3) is 11.0 Å². The molecule has 6 heteroatoms. The van der Waals surface area contributed by atoms with Gasteiger partial charge in [0.1, 0.15) is 18.5 Å². The molecule has 1 atom stereocenters. The predicted octanol–water partition coefficient (Wildman–Crippen LogP) is 3.07. The summed E-state index contributed by atoms with van der Waals surface area (Å²) in [6.45, 7) is 2.23. The number of fused-ring (bicyclic) bond motifs is 1. The van der Waals surface area contributed by atoms with E-state index in [9.17, 15) is 10.2 Å². The second-order valence-electron chi connectivity index (χ2n) is 7.42. The van der Waals surface area contributed by atoms with Crippen LogP contribution in [-0.4, -0.2) is 44.2 Å². The molecule has 0 radical (unpaired) electrons. The van der Waals surface area contributed by atoms with Crippen molar-refractivity contribution >= 4 is 11.0 Å². The molecule has 3 aromatic carbocycles. The number of nitrogens with zero attached hydrogens (tertiary/aromatic N) is 2. The maximum absolute atomic E-state index is 12.1. The van der Waals surface area contributed by atoms with Crippen LogP contribution in [0, 0.1) is 0 Å². The van der Waals surface area contributed by atoms with Crippen molar-refractivity contribution in [3.63, 3.8) is 0 Å². The third-order valence-corrected chi connectivity index (χ3v) is 5.40. The summed E-state index contributed by atoms with van der Waals surface area (Å²) in [7, 11) is 0. The summed E-state index contributed by atoms with van der Waals surface area (Å²) < 4.78 is 7.59. The van der Waals surface area contributed by atoms with E-state index in [4.69, 9.17) is 14.8 Å². The first kappa shape index (κ1) is 21.1. The molecule has 0 saturated carbocycles. The van der Waals surface area contributed by atoms with E-state index in [0.717, 1.165) is 22.2 Å². The van der Waals surface area contributed by atoms with Crippen LogP contribution in [0.5, 0.6) is 5.75 Å². The van der Waals surface area contributed by atoms with Crippen LogP contribution in [-0.2, 0) is 12.1 Å². The maximum atomic E-state index is 12.1. The molecule has 4 aromatic rings. The standard InChI is InChI=1S/C25H26N2O4/c1-2-27-23-15-21(31-17-20(29)16-28)13-14-22(23)26-24(27)25(30,18-9-5-3-6-10-18)19-11-7-4-8-12-19/h3-15,20,28-30H,2,16-17H2,1H3. The summed E-state index contributed by atoms with van der Waals surface area (Å²) >= 11 is 0. The number of imidazole rings is 1. The van der Waals surface area contributed by atoms with E-state index in [1.807, 2.05) is 84.3 Å². The molecule has 0 amide bonds. The van der Waals surface area contributed by atoms with Gasteiger partial charge in [0.2, 0.25) is 0 Å². The number of benzene rings is 3. The van der Waals surface area contributed by atoms with Crippen LogP contribution >= 0.6 is 0 Å². The quantitative estimate of drug-likeness (QED) is 0.409. The van der Waals surface area contributed by atoms with Gasteiger partial charge in [-0.05, 0) is 30.2 Å². The summed E-state index contributed by atoms with van der Waals surface area (Å²) in [4.78, 5) is 4.83. The van der Waals surface area contributed by atoms with Crippen molar-refractivity contribution in [3.8, 4) is 5.75 Å². The molecule has 4 rings (SSSR count). The zero-order valence-corrected chi connectivity index (χ0v) is 17.3. The average Bonchev–Trinajstić information content (AvgIpc) is 3.21. The third-order valence-electron chi connectivity index (χ3n) is 5.40. The van der Waals surface area contributed by atoms with Gasteiger partial charge in [0, 0.05) is 12.6 Å². The van der Waals surface area contributed by atoms with Crippen molar-refractivity contribution < 1.29 is 20.1 Å². The lowest BCUT2D eigenvalue weighted by Crippen LogP contribution is -2.32. The van der Waals surface area contributed by atoms with Gasteiger partial charge in [-0.15, -0.1) is 0 Å². The van der Waals surface area contributed by atoms with Crippen LogP contribution in [0.15, 0.2) is 78.9 Å². The van der Waals surface area contributed by atoms with Gasteiger partial charge in [0.05, 0.1) is 17.6 Å². The van der Waals surface area contributed by atoms with E-state index in [1.54, 1.807) is 6.07 Å². The van der Waals surface area contributed by atoms with Crippen LogP contribution in [0.2, 0.25) is 0 Å². The van der Waals surface area contributed by atoms with Crippen LogP contribution in [0.4, 0.5) is 0 Å². The van der Waals surface area contributed by atoms with Crippen molar-refractivity contribution in [3.05, 3.63) is 95.8 Å². The first-order valence-corrected chi connectivity index (χ1v) is 10.3. The molecule has 1 unspecified atom stereocenters. The van der Waals surface area contributed by atoms with Crippen LogP contribution in [0.1, 0.15) is 23.9 Å². The minimum Gasteiger partial charge on any atom is -0.491 e. The van der Waals surface area contributed by atoms with Gasteiger partial charge in [-0.1, -0.05) is 60.7 Å². The molecule has 31 heavy (non-hydrogen) atoms. The first-order chi connectivity index (χ1) is 15.1. The van der Waals surface area contributed by atoms with E-state index in [2.05, 4.69) is 0 Å². The molecular weight excluding hydrogens is 392 g/mol. The topological polar surface area (TPSA) is 87.7 Å². The zero-order chi connectivity index (χ0) is 21.8. The highest BCUT2D eigenvalue weighted by atomic mass is 16.5. The molecular formula is C25H26N2O4. The Hall–Kier alpha value is -3.19. The molecule has 0 bridgehead atoms. The van der Waals surface area contributed by atoms with Gasteiger partial charge in [-0.2, -0.15) is 0 Å². The smallest absolute Gasteiger partial charge is 0.173 e. The molecule has 0 saturated heterocycles. The summed E-state index contributed by atoms with van der Waals surface area (Å²) in [5, 5.41) is 30.7. The second kappa shape index (κ2) is 8.89. The highest BCUT2D eigenvalue weighted by Crippen LogP contribution is 2.38. The summed E-state index contributed by atoms with van der Waals surface area (Å²) in [5.74, 6) is 1.08. The van der Waals surface area contributed by atoms with Crippen molar-refractivity contribution in [2.75, 3.05) is 13.2 Å². The van der Waals surface area contributed by atoms with E-state index in [-0.39, 0.29) is 13.2 Å². The summed E-state index contributed by atoms with van der Waals surface area (Å²) in [5.41, 5.74) is 1.57. The van der Waals surface area contributed by atoms with Crippen LogP contribution < -0.4 is 4.74 Å². The van der Waals surface area contributed by atoms with Gasteiger partial charge in [0.15, 0.2) is 11.4 Å². The Morgan fingerprint density at radius 1 is 0.968 bits per heavy atom. The monoisotopic (exact) mass is 418 g/mol. The Bertz CT molecular complexity index is 1100. The molecule has 0 aliphatic heterocycles. The lowest BCUT2D eigenvalue weighted by molar-refractivity contribution is 0.0536. The lowest BCUT2D eigenvalue weighted by atomic mass is 9.85. The van der Waals surface area contributed by atoms with Gasteiger partial charge < -0.3 is 24.6 Å². The number of aromatic nitrogens is 2. The highest BCUT2D eigenvalue weighted by molar-refractivity contribution is 5.78. The number of aliphatic hydroxyl groups is 3. The fraction of sp³-hybridized carbons (Fsp3) is 0.240. The largest absolute Gasteiger partial charge is 0.491 e. The Morgan fingerprint density at radius 2 is 1.58 bits per heavy atom. The normalized spacial score (nSPS) is 12.8. The Kier molecular flexibility index (Phi) is 6.04. The molecule has 0 aliphatic carbocycles.